The Balaban J connectivity index is 1.71. The molecule has 0 aliphatic rings. The molecule has 1 N–H and O–H groups in total. The Kier molecular flexibility index (Phi) is 5.24. The molecule has 0 bridgehead atoms. The van der Waals surface area contributed by atoms with Crippen molar-refractivity contribution in [2.24, 2.45) is 0 Å². The van der Waals surface area contributed by atoms with E-state index in [0.29, 0.717) is 17.7 Å². The van der Waals surface area contributed by atoms with Crippen LogP contribution in [0, 0.1) is 12.7 Å². The highest BCUT2D eigenvalue weighted by Crippen LogP contribution is 2.35. The van der Waals surface area contributed by atoms with Crippen molar-refractivity contribution in [1.29, 1.82) is 0 Å². The van der Waals surface area contributed by atoms with Gasteiger partial charge in [0.2, 0.25) is 5.91 Å². The maximum atomic E-state index is 14.0. The van der Waals surface area contributed by atoms with Gasteiger partial charge in [-0.25, -0.2) is 4.39 Å². The van der Waals surface area contributed by atoms with Crippen LogP contribution in [-0.2, 0) is 17.8 Å². The van der Waals surface area contributed by atoms with Crippen LogP contribution >= 0.6 is 15.9 Å². The zero-order chi connectivity index (χ0) is 20.5. The number of nitrogens with zero attached hydrogens (tertiary/aromatic N) is 2. The van der Waals surface area contributed by atoms with Gasteiger partial charge in [-0.05, 0) is 36.8 Å². The van der Waals surface area contributed by atoms with Gasteiger partial charge in [-0.2, -0.15) is 0 Å². The quantitative estimate of drug-likeness (QED) is 0.447. The Bertz CT molecular complexity index is 1200. The van der Waals surface area contributed by atoms with Gasteiger partial charge >= 0.3 is 0 Å². The molecule has 29 heavy (non-hydrogen) atoms. The monoisotopic (exact) mass is 455 g/mol. The number of carbonyl (C=O) groups is 1. The van der Waals surface area contributed by atoms with Gasteiger partial charge in [0.15, 0.2) is 5.76 Å². The zero-order valence-corrected chi connectivity index (χ0v) is 17.6. The summed E-state index contributed by atoms with van der Waals surface area (Å²) in [5.74, 6) is 0.182. The average Bonchev–Trinajstić information content (AvgIpc) is 3.25. The minimum atomic E-state index is -0.339. The van der Waals surface area contributed by atoms with E-state index in [1.165, 1.54) is 12.1 Å². The van der Waals surface area contributed by atoms with Crippen molar-refractivity contribution in [2.45, 2.75) is 19.9 Å². The molecule has 0 spiro atoms. The van der Waals surface area contributed by atoms with E-state index in [1.807, 2.05) is 31.2 Å². The molecule has 0 atom stereocenters. The number of fused-ring (bicyclic) bond motifs is 1. The molecule has 2 aromatic heterocycles. The van der Waals surface area contributed by atoms with E-state index in [4.69, 9.17) is 4.52 Å². The minimum Gasteiger partial charge on any atom is -0.359 e. The third-order valence-electron chi connectivity index (χ3n) is 4.83. The summed E-state index contributed by atoms with van der Waals surface area (Å²) >= 11 is 3.57. The lowest BCUT2D eigenvalue weighted by Gasteiger charge is -2.16. The lowest BCUT2D eigenvalue weighted by Crippen LogP contribution is -2.27. The number of rotatable bonds is 5. The molecule has 5 nitrogen and oxygen atoms in total. The summed E-state index contributed by atoms with van der Waals surface area (Å²) in [6.07, 6.45) is 0.129. The Morgan fingerprint density at radius 1 is 1.24 bits per heavy atom. The second kappa shape index (κ2) is 7.83. The highest BCUT2D eigenvalue weighted by Gasteiger charge is 2.20. The Hall–Kier alpha value is -2.93. The minimum absolute atomic E-state index is 0.0995. The molecule has 0 saturated heterocycles. The molecule has 4 rings (SSSR count). The van der Waals surface area contributed by atoms with Crippen LogP contribution in [0.1, 0.15) is 17.0 Å². The fraction of sp³-hybridized carbons (Fsp3) is 0.182. The number of aromatic amines is 1. The molecule has 0 radical (unpaired) electrons. The van der Waals surface area contributed by atoms with Crippen LogP contribution in [0.25, 0.3) is 22.2 Å². The number of carbonyl (C=O) groups excluding carboxylic acids is 1. The number of likely N-dealkylation sites (N-methyl/N-ethyl adjacent to an activating group) is 1. The molecular weight excluding hydrogens is 437 g/mol. The van der Waals surface area contributed by atoms with E-state index in [1.54, 1.807) is 24.1 Å². The Morgan fingerprint density at radius 2 is 2.03 bits per heavy atom. The first-order chi connectivity index (χ1) is 13.9. The van der Waals surface area contributed by atoms with Crippen LogP contribution in [0.2, 0.25) is 0 Å². The summed E-state index contributed by atoms with van der Waals surface area (Å²) in [5.41, 5.74) is 4.03. The van der Waals surface area contributed by atoms with Crippen LogP contribution < -0.4 is 0 Å². The van der Waals surface area contributed by atoms with Gasteiger partial charge in [0, 0.05) is 34.1 Å². The molecular formula is C22H19BrFN3O2. The van der Waals surface area contributed by atoms with E-state index in [-0.39, 0.29) is 18.1 Å². The lowest BCUT2D eigenvalue weighted by atomic mass is 10.0. The summed E-state index contributed by atoms with van der Waals surface area (Å²) in [5, 5.41) is 4.56. The number of amides is 1. The van der Waals surface area contributed by atoms with Crippen molar-refractivity contribution in [2.75, 3.05) is 7.05 Å². The first kappa shape index (κ1) is 19.4. The topological polar surface area (TPSA) is 62.1 Å². The smallest absolute Gasteiger partial charge is 0.227 e. The molecule has 1 amide bonds. The summed E-state index contributed by atoms with van der Waals surface area (Å²) in [6.45, 7) is 2.15. The maximum Gasteiger partial charge on any atom is 0.227 e. The maximum absolute atomic E-state index is 14.0. The fourth-order valence-electron chi connectivity index (χ4n) is 3.40. The van der Waals surface area contributed by atoms with Crippen molar-refractivity contribution in [3.8, 4) is 11.3 Å². The molecule has 0 aliphatic heterocycles. The standard InChI is InChI=1S/C22H19BrFN3O2/c1-13-9-15(29-26-13)12-27(2)21(28)11-18-17-10-14(24)7-8-20(17)25-22(18)16-5-3-4-6-19(16)23/h3-10,25H,11-12H2,1-2H3. The van der Waals surface area contributed by atoms with Gasteiger partial charge in [0.1, 0.15) is 5.82 Å². The number of hydrogen-bond acceptors (Lipinski definition) is 3. The Morgan fingerprint density at radius 3 is 2.76 bits per heavy atom. The van der Waals surface area contributed by atoms with Crippen molar-refractivity contribution in [3.05, 3.63) is 75.8 Å². The second-order valence-electron chi connectivity index (χ2n) is 7.01. The molecule has 0 aliphatic carbocycles. The van der Waals surface area contributed by atoms with Crippen LogP contribution in [0.4, 0.5) is 4.39 Å². The summed E-state index contributed by atoms with van der Waals surface area (Å²) in [4.78, 5) is 17.9. The van der Waals surface area contributed by atoms with Crippen LogP contribution in [0.3, 0.4) is 0 Å². The first-order valence-corrected chi connectivity index (χ1v) is 9.93. The Labute approximate surface area is 175 Å². The van der Waals surface area contributed by atoms with Crippen LogP contribution in [0.5, 0.6) is 0 Å². The van der Waals surface area contributed by atoms with Crippen molar-refractivity contribution in [1.82, 2.24) is 15.0 Å². The number of hydrogen-bond donors (Lipinski definition) is 1. The van der Waals surface area contributed by atoms with E-state index in [0.717, 1.165) is 32.5 Å². The van der Waals surface area contributed by atoms with Gasteiger partial charge in [0.05, 0.1) is 24.4 Å². The highest BCUT2D eigenvalue weighted by molar-refractivity contribution is 9.10. The number of H-pyrrole nitrogens is 1. The van der Waals surface area contributed by atoms with Crippen LogP contribution in [0.15, 0.2) is 57.5 Å². The molecule has 7 heteroatoms. The van der Waals surface area contributed by atoms with Crippen molar-refractivity contribution >= 4 is 32.7 Å². The van der Waals surface area contributed by atoms with Gasteiger partial charge in [-0.15, -0.1) is 0 Å². The summed E-state index contributed by atoms with van der Waals surface area (Å²) in [7, 11) is 1.72. The molecule has 2 aromatic carbocycles. The number of halogens is 2. The number of benzene rings is 2. The van der Waals surface area contributed by atoms with E-state index in [9.17, 15) is 9.18 Å². The zero-order valence-electron chi connectivity index (χ0n) is 16.0. The SMILES string of the molecule is Cc1cc(CN(C)C(=O)Cc2c(-c3ccccc3Br)[nH]c3ccc(F)cc23)on1. The van der Waals surface area contributed by atoms with Crippen molar-refractivity contribution < 1.29 is 13.7 Å². The van der Waals surface area contributed by atoms with Crippen molar-refractivity contribution in [3.63, 3.8) is 0 Å². The molecule has 2 heterocycles. The predicted molar refractivity (Wildman–Crippen MR) is 113 cm³/mol. The van der Waals surface area contributed by atoms with Gasteiger partial charge < -0.3 is 14.4 Å². The number of aryl methyl sites for hydroxylation is 1. The summed E-state index contributed by atoms with van der Waals surface area (Å²) in [6, 6.07) is 14.1. The molecule has 0 fully saturated rings. The summed E-state index contributed by atoms with van der Waals surface area (Å²) < 4.78 is 20.1. The fourth-order valence-corrected chi connectivity index (χ4v) is 3.88. The highest BCUT2D eigenvalue weighted by atomic mass is 79.9. The third-order valence-corrected chi connectivity index (χ3v) is 5.53. The molecule has 148 valence electrons. The predicted octanol–water partition coefficient (Wildman–Crippen LogP) is 5.23. The molecule has 0 saturated carbocycles. The third kappa shape index (κ3) is 3.96. The van der Waals surface area contributed by atoms with E-state index < -0.39 is 0 Å². The number of aromatic nitrogens is 2. The molecule has 0 unspecified atom stereocenters. The largest absolute Gasteiger partial charge is 0.359 e. The van der Waals surface area contributed by atoms with E-state index >= 15 is 0 Å². The first-order valence-electron chi connectivity index (χ1n) is 9.13. The molecule has 4 aromatic rings. The lowest BCUT2D eigenvalue weighted by molar-refractivity contribution is -0.129. The van der Waals surface area contributed by atoms with Gasteiger partial charge in [-0.1, -0.05) is 39.3 Å². The normalized spacial score (nSPS) is 11.2. The number of nitrogens with one attached hydrogen (secondary N) is 1. The second-order valence-corrected chi connectivity index (χ2v) is 7.86. The average molecular weight is 456 g/mol. The van der Waals surface area contributed by atoms with Gasteiger partial charge in [-0.3, -0.25) is 4.79 Å². The van der Waals surface area contributed by atoms with Gasteiger partial charge in [0.25, 0.3) is 0 Å². The van der Waals surface area contributed by atoms with E-state index in [2.05, 4.69) is 26.1 Å². The van der Waals surface area contributed by atoms with Crippen LogP contribution in [-0.4, -0.2) is 28.0 Å².